The first-order valence-electron chi connectivity index (χ1n) is 13.9. The third-order valence-corrected chi connectivity index (χ3v) is 8.79. The van der Waals surface area contributed by atoms with Crippen molar-refractivity contribution in [3.05, 3.63) is 65.7 Å². The van der Waals surface area contributed by atoms with E-state index in [-0.39, 0.29) is 28.7 Å². The van der Waals surface area contributed by atoms with Crippen molar-refractivity contribution >= 4 is 12.0 Å². The van der Waals surface area contributed by atoms with Crippen LogP contribution in [-0.4, -0.2) is 62.7 Å². The summed E-state index contributed by atoms with van der Waals surface area (Å²) in [5.74, 6) is 0.972. The van der Waals surface area contributed by atoms with Crippen LogP contribution in [0.25, 0.3) is 6.08 Å². The number of likely N-dealkylation sites (tertiary alicyclic amines) is 1. The minimum absolute atomic E-state index is 0.0819. The smallest absolute Gasteiger partial charge is 0.497 e. The van der Waals surface area contributed by atoms with Gasteiger partial charge in [-0.25, -0.2) is 0 Å². The highest BCUT2D eigenvalue weighted by atomic mass is 19.4. The van der Waals surface area contributed by atoms with Crippen molar-refractivity contribution in [1.82, 2.24) is 10.2 Å². The van der Waals surface area contributed by atoms with Crippen molar-refractivity contribution in [2.45, 2.75) is 61.9 Å². The van der Waals surface area contributed by atoms with E-state index in [0.29, 0.717) is 5.56 Å². The molecule has 1 N–H and O–H groups in total. The number of carbonyl (C=O) groups excluding carboxylic acids is 1. The molecule has 1 amide bonds. The van der Waals surface area contributed by atoms with Crippen LogP contribution in [0.15, 0.2) is 54.6 Å². The molecule has 1 aliphatic heterocycles. The summed E-state index contributed by atoms with van der Waals surface area (Å²) in [4.78, 5) is 15.5. The van der Waals surface area contributed by atoms with Gasteiger partial charge in [0.1, 0.15) is 11.5 Å². The molecule has 3 unspecified atom stereocenters. The van der Waals surface area contributed by atoms with Gasteiger partial charge < -0.3 is 24.4 Å². The molecule has 216 valence electrons. The number of fused-ring (bicyclic) bond motifs is 1. The maximum atomic E-state index is 13.0. The van der Waals surface area contributed by atoms with Gasteiger partial charge in [0.25, 0.3) is 0 Å². The molecular weight excluding hydrogens is 521 g/mol. The third kappa shape index (κ3) is 6.31. The average molecular weight is 559 g/mol. The van der Waals surface area contributed by atoms with E-state index in [4.69, 9.17) is 9.47 Å². The minimum Gasteiger partial charge on any atom is -0.497 e. The van der Waals surface area contributed by atoms with E-state index in [2.05, 4.69) is 27.1 Å². The molecular formula is C31H37F3N2O4. The van der Waals surface area contributed by atoms with Crippen molar-refractivity contribution in [1.29, 1.82) is 0 Å². The predicted molar refractivity (Wildman–Crippen MR) is 146 cm³/mol. The largest absolute Gasteiger partial charge is 0.573 e. The van der Waals surface area contributed by atoms with Crippen molar-refractivity contribution < 1.29 is 32.2 Å². The first-order valence-corrected chi connectivity index (χ1v) is 13.9. The van der Waals surface area contributed by atoms with Gasteiger partial charge in [-0.2, -0.15) is 0 Å². The Morgan fingerprint density at radius 2 is 1.85 bits per heavy atom. The molecule has 1 saturated heterocycles. The zero-order valence-electron chi connectivity index (χ0n) is 23.0. The molecule has 9 heteroatoms. The molecule has 3 atom stereocenters. The Kier molecular flexibility index (Phi) is 8.15. The van der Waals surface area contributed by atoms with E-state index in [1.165, 1.54) is 43.2 Å². The van der Waals surface area contributed by atoms with Gasteiger partial charge in [0.15, 0.2) is 0 Å². The summed E-state index contributed by atoms with van der Waals surface area (Å²) < 4.78 is 53.7. The summed E-state index contributed by atoms with van der Waals surface area (Å²) in [7, 11) is 3.48. The van der Waals surface area contributed by atoms with Crippen LogP contribution >= 0.6 is 0 Å². The maximum absolute atomic E-state index is 13.0. The highest BCUT2D eigenvalue weighted by Gasteiger charge is 2.59. The number of rotatable bonds is 9. The highest BCUT2D eigenvalue weighted by Crippen LogP contribution is 2.54. The highest BCUT2D eigenvalue weighted by molar-refractivity contribution is 5.92. The minimum atomic E-state index is -4.77. The molecule has 1 heterocycles. The van der Waals surface area contributed by atoms with E-state index in [1.54, 1.807) is 13.2 Å². The van der Waals surface area contributed by atoms with Crippen LogP contribution in [0.5, 0.6) is 11.5 Å². The number of ether oxygens (including phenoxy) is 3. The molecule has 2 saturated carbocycles. The van der Waals surface area contributed by atoms with Crippen LogP contribution in [0.4, 0.5) is 13.2 Å². The molecule has 3 fully saturated rings. The summed E-state index contributed by atoms with van der Waals surface area (Å²) in [5.41, 5.74) is 0.910. The molecule has 2 aliphatic carbocycles. The summed E-state index contributed by atoms with van der Waals surface area (Å²) >= 11 is 0. The Labute approximate surface area is 233 Å². The van der Waals surface area contributed by atoms with E-state index < -0.39 is 6.36 Å². The zero-order valence-corrected chi connectivity index (χ0v) is 23.0. The van der Waals surface area contributed by atoms with Crippen LogP contribution < -0.4 is 14.8 Å². The normalized spacial score (nSPS) is 27.3. The summed E-state index contributed by atoms with van der Waals surface area (Å²) in [6, 6.07) is 13.7. The number of hydrogen-bond donors (Lipinski definition) is 1. The van der Waals surface area contributed by atoms with E-state index in [9.17, 15) is 18.0 Å². The van der Waals surface area contributed by atoms with Crippen molar-refractivity contribution in [3.8, 4) is 11.5 Å². The molecule has 2 aromatic carbocycles. The fraction of sp³-hybridized carbons (Fsp3) is 0.516. The SMILES string of the molecule is COc1cccc(C23CCN(CC4CC4)CC2(OC)CCC(NC(=O)/C=C/c2cccc(OC(F)(F)F)c2)C3)c1. The lowest BCUT2D eigenvalue weighted by atomic mass is 9.55. The Balaban J connectivity index is 1.34. The molecule has 2 aromatic rings. The Morgan fingerprint density at radius 3 is 2.58 bits per heavy atom. The molecule has 5 rings (SSSR count). The second kappa shape index (κ2) is 11.4. The number of piperidine rings is 1. The molecule has 40 heavy (non-hydrogen) atoms. The summed E-state index contributed by atoms with van der Waals surface area (Å²) in [6.07, 6.45) is 3.90. The van der Waals surface area contributed by atoms with Gasteiger partial charge in [-0.1, -0.05) is 24.3 Å². The summed E-state index contributed by atoms with van der Waals surface area (Å²) in [6.45, 7) is 2.93. The molecule has 0 aromatic heterocycles. The van der Waals surface area contributed by atoms with Gasteiger partial charge >= 0.3 is 6.36 Å². The Morgan fingerprint density at radius 1 is 1.07 bits per heavy atom. The lowest BCUT2D eigenvalue weighted by Gasteiger charge is -2.60. The molecule has 0 radical (unpaired) electrons. The lowest BCUT2D eigenvalue weighted by Crippen LogP contribution is -2.68. The number of halogens is 3. The Bertz CT molecular complexity index is 1230. The number of nitrogens with zero attached hydrogens (tertiary/aromatic N) is 1. The van der Waals surface area contributed by atoms with E-state index in [0.717, 1.165) is 62.5 Å². The van der Waals surface area contributed by atoms with E-state index >= 15 is 0 Å². The molecule has 3 aliphatic rings. The fourth-order valence-electron chi connectivity index (χ4n) is 6.69. The number of hydrogen-bond acceptors (Lipinski definition) is 5. The lowest BCUT2D eigenvalue weighted by molar-refractivity contribution is -0.274. The maximum Gasteiger partial charge on any atom is 0.573 e. The first-order chi connectivity index (χ1) is 19.1. The predicted octanol–water partition coefficient (Wildman–Crippen LogP) is 5.71. The fourth-order valence-corrected chi connectivity index (χ4v) is 6.69. The molecule has 0 bridgehead atoms. The number of alkyl halides is 3. The second-order valence-electron chi connectivity index (χ2n) is 11.3. The van der Waals surface area contributed by atoms with Crippen LogP contribution in [0.3, 0.4) is 0 Å². The van der Waals surface area contributed by atoms with Gasteiger partial charge in [0.2, 0.25) is 5.91 Å². The number of methoxy groups -OCH3 is 2. The number of amides is 1. The number of benzene rings is 2. The quantitative estimate of drug-likeness (QED) is 0.400. The van der Waals surface area contributed by atoms with E-state index in [1.807, 2.05) is 19.2 Å². The Hall–Kier alpha value is -3.04. The first kappa shape index (κ1) is 28.5. The van der Waals surface area contributed by atoms with Gasteiger partial charge in [0.05, 0.1) is 12.7 Å². The van der Waals surface area contributed by atoms with Gasteiger partial charge in [0, 0.05) is 37.7 Å². The monoisotopic (exact) mass is 558 g/mol. The topological polar surface area (TPSA) is 60.0 Å². The second-order valence-corrected chi connectivity index (χ2v) is 11.3. The molecule has 0 spiro atoms. The van der Waals surface area contributed by atoms with Gasteiger partial charge in [-0.05, 0) is 92.5 Å². The van der Waals surface area contributed by atoms with Crippen molar-refractivity contribution in [2.75, 3.05) is 33.9 Å². The van der Waals surface area contributed by atoms with Gasteiger partial charge in [-0.3, -0.25) is 4.79 Å². The molecule has 6 nitrogen and oxygen atoms in total. The number of carbonyl (C=O) groups is 1. The average Bonchev–Trinajstić information content (AvgIpc) is 3.75. The van der Waals surface area contributed by atoms with Crippen LogP contribution in [0.2, 0.25) is 0 Å². The van der Waals surface area contributed by atoms with Crippen molar-refractivity contribution in [3.63, 3.8) is 0 Å². The van der Waals surface area contributed by atoms with Crippen LogP contribution in [-0.2, 0) is 14.9 Å². The summed E-state index contributed by atoms with van der Waals surface area (Å²) in [5, 5.41) is 3.16. The van der Waals surface area contributed by atoms with Crippen LogP contribution in [0, 0.1) is 5.92 Å². The van der Waals surface area contributed by atoms with Gasteiger partial charge in [-0.15, -0.1) is 13.2 Å². The van der Waals surface area contributed by atoms with Crippen molar-refractivity contribution in [2.24, 2.45) is 5.92 Å². The van der Waals surface area contributed by atoms with Crippen LogP contribution in [0.1, 0.15) is 49.7 Å². The third-order valence-electron chi connectivity index (χ3n) is 8.79. The zero-order chi connectivity index (χ0) is 28.4. The standard InChI is InChI=1S/C31H37F3N2O4/c1-38-26-7-4-6-24(18-26)29-15-16-36(20-23-9-10-23)21-30(29,39-2)14-13-25(19-29)35-28(37)12-11-22-5-3-8-27(17-22)40-31(32,33)34/h3-8,11-12,17-18,23,25H,9-10,13-16,19-21H2,1-2H3,(H,35,37)/b12-11+. The number of nitrogens with one attached hydrogen (secondary N) is 1.